The Labute approximate surface area is 101 Å². The normalized spacial score (nSPS) is 28.7. The van der Waals surface area contributed by atoms with Crippen LogP contribution in [0.5, 0.6) is 0 Å². The monoisotopic (exact) mass is 241 g/mol. The molecule has 2 nitrogen and oxygen atoms in total. The summed E-state index contributed by atoms with van der Waals surface area (Å²) in [4.78, 5) is 0. The van der Waals surface area contributed by atoms with Gasteiger partial charge in [0, 0.05) is 19.2 Å². The Balaban J connectivity index is 1.79. The van der Waals surface area contributed by atoms with Gasteiger partial charge in [-0.1, -0.05) is 20.8 Å². The highest BCUT2D eigenvalue weighted by molar-refractivity contribution is 6.74. The maximum Gasteiger partial charge on any atom is 0.192 e. The Kier molecular flexibility index (Phi) is 3.01. The minimum absolute atomic E-state index is 0.336. The third-order valence-electron chi connectivity index (χ3n) is 4.85. The summed E-state index contributed by atoms with van der Waals surface area (Å²) in [6.45, 7) is 13.8. The molecule has 1 saturated carbocycles. The van der Waals surface area contributed by atoms with Crippen LogP contribution in [-0.4, -0.2) is 27.5 Å². The van der Waals surface area contributed by atoms with Gasteiger partial charge in [-0.05, 0) is 42.8 Å². The van der Waals surface area contributed by atoms with Crippen molar-refractivity contribution in [3.8, 4) is 0 Å². The Morgan fingerprint density at radius 1 is 1.31 bits per heavy atom. The summed E-state index contributed by atoms with van der Waals surface area (Å²) in [5.74, 6) is 0. The summed E-state index contributed by atoms with van der Waals surface area (Å²) >= 11 is 0. The van der Waals surface area contributed by atoms with Gasteiger partial charge in [0.15, 0.2) is 8.32 Å². The van der Waals surface area contributed by atoms with Gasteiger partial charge in [-0.2, -0.15) is 0 Å². The lowest BCUT2D eigenvalue weighted by atomic mass is 10.0. The van der Waals surface area contributed by atoms with Crippen molar-refractivity contribution in [3.05, 3.63) is 0 Å². The molecule has 0 aromatic rings. The summed E-state index contributed by atoms with van der Waals surface area (Å²) in [6, 6.07) is 0.622. The highest BCUT2D eigenvalue weighted by Gasteiger charge is 2.48. The van der Waals surface area contributed by atoms with Crippen molar-refractivity contribution < 1.29 is 4.43 Å². The first-order chi connectivity index (χ1) is 7.24. The fraction of sp³-hybridized carbons (Fsp3) is 1.00. The number of rotatable bonds is 3. The van der Waals surface area contributed by atoms with Gasteiger partial charge in [0.2, 0.25) is 0 Å². The first-order valence-corrected chi connectivity index (χ1v) is 9.52. The zero-order chi connectivity index (χ0) is 12.0. The molecule has 2 fully saturated rings. The van der Waals surface area contributed by atoms with E-state index in [1.54, 1.807) is 0 Å². The molecule has 2 rings (SSSR count). The van der Waals surface area contributed by atoms with Gasteiger partial charge in [0.1, 0.15) is 0 Å². The van der Waals surface area contributed by atoms with Crippen LogP contribution in [0.1, 0.15) is 40.0 Å². The van der Waals surface area contributed by atoms with E-state index >= 15 is 0 Å². The van der Waals surface area contributed by atoms with Crippen LogP contribution in [0.3, 0.4) is 0 Å². The van der Waals surface area contributed by atoms with E-state index in [4.69, 9.17) is 4.43 Å². The predicted octanol–water partition coefficient (Wildman–Crippen LogP) is 3.15. The average Bonchev–Trinajstić information content (AvgIpc) is 2.74. The Hall–Kier alpha value is 0.137. The van der Waals surface area contributed by atoms with E-state index in [2.05, 4.69) is 39.2 Å². The van der Waals surface area contributed by atoms with E-state index in [9.17, 15) is 0 Å². The molecule has 1 N–H and O–H groups in total. The third-order valence-corrected chi connectivity index (χ3v) is 9.35. The molecule has 0 aromatic carbocycles. The van der Waals surface area contributed by atoms with Crippen molar-refractivity contribution in [2.75, 3.05) is 13.2 Å². The molecule has 0 bridgehead atoms. The summed E-state index contributed by atoms with van der Waals surface area (Å²) in [5, 5.41) is 3.97. The molecule has 0 radical (unpaired) electrons. The Morgan fingerprint density at radius 2 is 1.94 bits per heavy atom. The molecule has 3 heteroatoms. The van der Waals surface area contributed by atoms with Gasteiger partial charge in [-0.15, -0.1) is 0 Å². The maximum atomic E-state index is 6.28. The van der Waals surface area contributed by atoms with Crippen LogP contribution in [0.15, 0.2) is 0 Å². The fourth-order valence-corrected chi connectivity index (χ4v) is 3.28. The lowest BCUT2D eigenvalue weighted by Gasteiger charge is -2.37. The van der Waals surface area contributed by atoms with Crippen LogP contribution >= 0.6 is 0 Å². The minimum atomic E-state index is -1.54. The Morgan fingerprint density at radius 3 is 2.38 bits per heavy atom. The van der Waals surface area contributed by atoms with E-state index in [0.717, 1.165) is 6.61 Å². The van der Waals surface area contributed by atoms with Crippen LogP contribution in [-0.2, 0) is 4.43 Å². The number of hydrogen-bond donors (Lipinski definition) is 1. The second-order valence-electron chi connectivity index (χ2n) is 7.35. The smallest absolute Gasteiger partial charge is 0.192 e. The molecule has 1 saturated heterocycles. The molecule has 0 amide bonds. The van der Waals surface area contributed by atoms with Crippen LogP contribution in [0.25, 0.3) is 0 Å². The molecular weight excluding hydrogens is 214 g/mol. The van der Waals surface area contributed by atoms with Crippen molar-refractivity contribution in [1.29, 1.82) is 0 Å². The van der Waals surface area contributed by atoms with Crippen molar-refractivity contribution in [2.24, 2.45) is 5.41 Å². The van der Waals surface area contributed by atoms with Gasteiger partial charge in [-0.25, -0.2) is 0 Å². The zero-order valence-electron chi connectivity index (χ0n) is 11.5. The van der Waals surface area contributed by atoms with Crippen LogP contribution in [0.2, 0.25) is 18.1 Å². The lowest BCUT2D eigenvalue weighted by molar-refractivity contribution is 0.250. The van der Waals surface area contributed by atoms with Crippen molar-refractivity contribution in [3.63, 3.8) is 0 Å². The first-order valence-electron chi connectivity index (χ1n) is 6.62. The molecule has 1 heterocycles. The standard InChI is InChI=1S/C13H27NOSi/c1-12(2,3)16(4,5)15-9-11-8-13(6-7-13)10-14-11/h11,14H,6-10H2,1-5H3/t11-/m0/s1. The number of nitrogens with one attached hydrogen (secondary N) is 1. The van der Waals surface area contributed by atoms with Gasteiger partial charge in [0.05, 0.1) is 0 Å². The van der Waals surface area contributed by atoms with Crippen molar-refractivity contribution in [1.82, 2.24) is 5.32 Å². The first kappa shape index (κ1) is 12.6. The highest BCUT2D eigenvalue weighted by Crippen LogP contribution is 2.52. The van der Waals surface area contributed by atoms with E-state index < -0.39 is 8.32 Å². The molecule has 16 heavy (non-hydrogen) atoms. The van der Waals surface area contributed by atoms with E-state index in [-0.39, 0.29) is 0 Å². The van der Waals surface area contributed by atoms with Crippen LogP contribution < -0.4 is 5.32 Å². The second-order valence-corrected chi connectivity index (χ2v) is 12.2. The average molecular weight is 241 g/mol. The molecule has 94 valence electrons. The zero-order valence-corrected chi connectivity index (χ0v) is 12.5. The molecule has 1 aliphatic carbocycles. The SMILES string of the molecule is CC(C)(C)[Si](C)(C)OC[C@@H]1CC2(CC2)CN1. The van der Waals surface area contributed by atoms with E-state index in [1.165, 1.54) is 25.8 Å². The molecule has 2 aliphatic rings. The summed E-state index contributed by atoms with van der Waals surface area (Å²) in [7, 11) is -1.54. The molecule has 1 spiro atoms. The maximum absolute atomic E-state index is 6.28. The van der Waals surface area contributed by atoms with Crippen LogP contribution in [0.4, 0.5) is 0 Å². The van der Waals surface area contributed by atoms with Gasteiger partial charge in [0.25, 0.3) is 0 Å². The molecule has 1 atom stereocenters. The Bertz CT molecular complexity index is 266. The van der Waals surface area contributed by atoms with E-state index in [1.807, 2.05) is 0 Å². The quantitative estimate of drug-likeness (QED) is 0.767. The third kappa shape index (κ3) is 2.52. The topological polar surface area (TPSA) is 21.3 Å². The highest BCUT2D eigenvalue weighted by atomic mass is 28.4. The molecule has 0 aromatic heterocycles. The van der Waals surface area contributed by atoms with Gasteiger partial charge in [-0.3, -0.25) is 0 Å². The fourth-order valence-electron chi connectivity index (χ4n) is 2.23. The minimum Gasteiger partial charge on any atom is -0.415 e. The van der Waals surface area contributed by atoms with Crippen molar-refractivity contribution in [2.45, 2.75) is 64.2 Å². The summed E-state index contributed by atoms with van der Waals surface area (Å²) in [5.41, 5.74) is 0.696. The lowest BCUT2D eigenvalue weighted by Crippen LogP contribution is -2.43. The molecule has 0 unspecified atom stereocenters. The molecular formula is C13H27NOSi. The number of hydrogen-bond acceptors (Lipinski definition) is 2. The second kappa shape index (κ2) is 3.82. The predicted molar refractivity (Wildman–Crippen MR) is 71.2 cm³/mol. The largest absolute Gasteiger partial charge is 0.415 e. The van der Waals surface area contributed by atoms with Gasteiger partial charge >= 0.3 is 0 Å². The summed E-state index contributed by atoms with van der Waals surface area (Å²) < 4.78 is 6.28. The van der Waals surface area contributed by atoms with E-state index in [0.29, 0.717) is 16.5 Å². The van der Waals surface area contributed by atoms with Crippen molar-refractivity contribution >= 4 is 8.32 Å². The summed E-state index contributed by atoms with van der Waals surface area (Å²) in [6.07, 6.45) is 4.23. The van der Waals surface area contributed by atoms with Gasteiger partial charge < -0.3 is 9.74 Å². The molecule has 1 aliphatic heterocycles. The van der Waals surface area contributed by atoms with Crippen LogP contribution in [0, 0.1) is 5.41 Å².